The Bertz CT molecular complexity index is 856. The van der Waals surface area contributed by atoms with Gasteiger partial charge in [-0.3, -0.25) is 9.59 Å². The van der Waals surface area contributed by atoms with Crippen LogP contribution in [0.4, 0.5) is 8.78 Å². The lowest BCUT2D eigenvalue weighted by Crippen LogP contribution is -2.42. The molecule has 8 heteroatoms. The van der Waals surface area contributed by atoms with Crippen molar-refractivity contribution >= 4 is 5.91 Å². The van der Waals surface area contributed by atoms with Crippen molar-refractivity contribution in [2.24, 2.45) is 0 Å². The van der Waals surface area contributed by atoms with Crippen LogP contribution in [0, 0.1) is 18.6 Å². The zero-order valence-corrected chi connectivity index (χ0v) is 15.0. The molecule has 0 radical (unpaired) electrons. The fourth-order valence-electron chi connectivity index (χ4n) is 3.19. The number of aryl methyl sites for hydroxylation is 1. The minimum absolute atomic E-state index is 0.0258. The summed E-state index contributed by atoms with van der Waals surface area (Å²) in [6.45, 7) is 1.62. The highest BCUT2D eigenvalue weighted by atomic mass is 19.1. The van der Waals surface area contributed by atoms with Crippen molar-refractivity contribution in [1.29, 1.82) is 0 Å². The number of nitrogens with one attached hydrogen (secondary N) is 1. The standard InChI is InChI=1S/C19H21F2N3O3/c1-12-2-7-19(26)24(23-12)11-18(25)22-15-3-5-16(6-4-15)27-17-9-13(20)8-14(21)10-17/h2,7-10,15-16H,3-6,11H2,1H3,(H,22,25). The number of hydrogen-bond donors (Lipinski definition) is 1. The van der Waals surface area contributed by atoms with E-state index in [-0.39, 0.29) is 35.9 Å². The Kier molecular flexibility index (Phi) is 5.83. The van der Waals surface area contributed by atoms with Crippen molar-refractivity contribution in [3.05, 3.63) is 58.0 Å². The summed E-state index contributed by atoms with van der Waals surface area (Å²) in [4.78, 5) is 23.9. The summed E-state index contributed by atoms with van der Waals surface area (Å²) in [6, 6.07) is 6.07. The first-order valence-corrected chi connectivity index (χ1v) is 8.86. The second-order valence-corrected chi connectivity index (χ2v) is 6.73. The summed E-state index contributed by atoms with van der Waals surface area (Å²) in [5, 5.41) is 6.94. The molecule has 1 aliphatic rings. The predicted molar refractivity (Wildman–Crippen MR) is 94.4 cm³/mol. The van der Waals surface area contributed by atoms with Crippen molar-refractivity contribution in [1.82, 2.24) is 15.1 Å². The molecule has 1 saturated carbocycles. The minimum atomic E-state index is -0.675. The zero-order valence-electron chi connectivity index (χ0n) is 15.0. The summed E-state index contributed by atoms with van der Waals surface area (Å²) in [5.41, 5.74) is 0.337. The summed E-state index contributed by atoms with van der Waals surface area (Å²) in [6.07, 6.45) is 2.53. The highest BCUT2D eigenvalue weighted by Crippen LogP contribution is 2.25. The van der Waals surface area contributed by atoms with Gasteiger partial charge in [0.2, 0.25) is 5.91 Å². The van der Waals surface area contributed by atoms with Crippen LogP contribution in [0.5, 0.6) is 5.75 Å². The van der Waals surface area contributed by atoms with E-state index in [1.54, 1.807) is 13.0 Å². The molecule has 1 amide bonds. The van der Waals surface area contributed by atoms with Crippen LogP contribution in [0.2, 0.25) is 0 Å². The summed E-state index contributed by atoms with van der Waals surface area (Å²) < 4.78 is 33.2. The molecule has 2 aromatic rings. The lowest BCUT2D eigenvalue weighted by atomic mass is 9.93. The molecule has 6 nitrogen and oxygen atoms in total. The Morgan fingerprint density at radius 3 is 2.52 bits per heavy atom. The molecule has 1 heterocycles. The molecule has 1 fully saturated rings. The molecular weight excluding hydrogens is 356 g/mol. The molecule has 0 aliphatic heterocycles. The van der Waals surface area contributed by atoms with Gasteiger partial charge in [-0.1, -0.05) is 0 Å². The highest BCUT2D eigenvalue weighted by molar-refractivity contribution is 5.75. The average molecular weight is 377 g/mol. The van der Waals surface area contributed by atoms with E-state index in [9.17, 15) is 18.4 Å². The van der Waals surface area contributed by atoms with Gasteiger partial charge in [-0.2, -0.15) is 5.10 Å². The van der Waals surface area contributed by atoms with Crippen molar-refractivity contribution in [3.63, 3.8) is 0 Å². The third kappa shape index (κ3) is 5.35. The van der Waals surface area contributed by atoms with E-state index in [1.165, 1.54) is 6.07 Å². The fourth-order valence-corrected chi connectivity index (χ4v) is 3.19. The van der Waals surface area contributed by atoms with E-state index in [1.807, 2.05) is 0 Å². The summed E-state index contributed by atoms with van der Waals surface area (Å²) in [7, 11) is 0. The number of carbonyl (C=O) groups excluding carboxylic acids is 1. The van der Waals surface area contributed by atoms with Gasteiger partial charge in [-0.15, -0.1) is 0 Å². The van der Waals surface area contributed by atoms with Crippen LogP contribution in [0.3, 0.4) is 0 Å². The first-order chi connectivity index (χ1) is 12.9. The van der Waals surface area contributed by atoms with Crippen molar-refractivity contribution < 1.29 is 18.3 Å². The monoisotopic (exact) mass is 377 g/mol. The summed E-state index contributed by atoms with van der Waals surface area (Å²) in [5.74, 6) is -1.45. The average Bonchev–Trinajstić information content (AvgIpc) is 2.59. The molecule has 1 aliphatic carbocycles. The molecule has 1 aromatic heterocycles. The quantitative estimate of drug-likeness (QED) is 0.868. The first kappa shape index (κ1) is 19.0. The Labute approximate surface area is 155 Å². The summed E-state index contributed by atoms with van der Waals surface area (Å²) >= 11 is 0. The number of aromatic nitrogens is 2. The van der Waals surface area contributed by atoms with Gasteiger partial charge in [-0.05, 0) is 38.7 Å². The zero-order chi connectivity index (χ0) is 19.4. The van der Waals surface area contributed by atoms with Gasteiger partial charge in [0.15, 0.2) is 0 Å². The molecule has 0 bridgehead atoms. The van der Waals surface area contributed by atoms with E-state index in [4.69, 9.17) is 4.74 Å². The van der Waals surface area contributed by atoms with E-state index < -0.39 is 11.6 Å². The van der Waals surface area contributed by atoms with Crippen molar-refractivity contribution in [2.75, 3.05) is 0 Å². The normalized spacial score (nSPS) is 19.5. The third-order valence-electron chi connectivity index (χ3n) is 4.47. The molecule has 1 aromatic carbocycles. The molecule has 0 atom stereocenters. The van der Waals surface area contributed by atoms with Crippen LogP contribution >= 0.6 is 0 Å². The molecule has 0 unspecified atom stereocenters. The number of benzene rings is 1. The Morgan fingerprint density at radius 2 is 1.85 bits per heavy atom. The van der Waals surface area contributed by atoms with Crippen LogP contribution in [-0.2, 0) is 11.3 Å². The molecule has 144 valence electrons. The largest absolute Gasteiger partial charge is 0.490 e. The SMILES string of the molecule is Cc1ccc(=O)n(CC(=O)NC2CCC(Oc3cc(F)cc(F)c3)CC2)n1. The Morgan fingerprint density at radius 1 is 1.19 bits per heavy atom. The van der Waals surface area contributed by atoms with Gasteiger partial charge < -0.3 is 10.1 Å². The van der Waals surface area contributed by atoms with Crippen molar-refractivity contribution in [3.8, 4) is 5.75 Å². The number of amides is 1. The fraction of sp³-hybridized carbons (Fsp3) is 0.421. The number of nitrogens with zero attached hydrogens (tertiary/aromatic N) is 2. The lowest BCUT2D eigenvalue weighted by Gasteiger charge is -2.29. The van der Waals surface area contributed by atoms with E-state index in [2.05, 4.69) is 10.4 Å². The number of carbonyl (C=O) groups is 1. The van der Waals surface area contributed by atoms with Crippen LogP contribution in [0.1, 0.15) is 31.4 Å². The number of hydrogen-bond acceptors (Lipinski definition) is 4. The smallest absolute Gasteiger partial charge is 0.267 e. The molecular formula is C19H21F2N3O3. The Balaban J connectivity index is 1.48. The number of ether oxygens (including phenoxy) is 1. The van der Waals surface area contributed by atoms with Gasteiger partial charge in [0, 0.05) is 30.3 Å². The third-order valence-corrected chi connectivity index (χ3v) is 4.47. The second kappa shape index (κ2) is 8.28. The molecule has 27 heavy (non-hydrogen) atoms. The van der Waals surface area contributed by atoms with Crippen LogP contribution in [0.15, 0.2) is 35.1 Å². The first-order valence-electron chi connectivity index (χ1n) is 8.86. The molecule has 0 saturated heterocycles. The van der Waals surface area contributed by atoms with Gasteiger partial charge in [0.1, 0.15) is 23.9 Å². The maximum atomic E-state index is 13.2. The highest BCUT2D eigenvalue weighted by Gasteiger charge is 2.24. The molecule has 3 rings (SSSR count). The molecule has 0 spiro atoms. The van der Waals surface area contributed by atoms with Gasteiger partial charge >= 0.3 is 0 Å². The minimum Gasteiger partial charge on any atom is -0.490 e. The second-order valence-electron chi connectivity index (χ2n) is 6.73. The number of halogens is 2. The predicted octanol–water partition coefficient (Wildman–Crippen LogP) is 2.34. The van der Waals surface area contributed by atoms with Crippen LogP contribution in [-0.4, -0.2) is 27.8 Å². The van der Waals surface area contributed by atoms with E-state index in [0.29, 0.717) is 31.4 Å². The van der Waals surface area contributed by atoms with E-state index in [0.717, 1.165) is 22.9 Å². The molecule has 1 N–H and O–H groups in total. The van der Waals surface area contributed by atoms with Gasteiger partial charge in [0.25, 0.3) is 5.56 Å². The Hall–Kier alpha value is -2.77. The van der Waals surface area contributed by atoms with Crippen LogP contribution in [0.25, 0.3) is 0 Å². The van der Waals surface area contributed by atoms with E-state index >= 15 is 0 Å². The maximum absolute atomic E-state index is 13.2. The number of rotatable bonds is 5. The lowest BCUT2D eigenvalue weighted by molar-refractivity contribution is -0.123. The van der Waals surface area contributed by atoms with Crippen molar-refractivity contribution in [2.45, 2.75) is 51.3 Å². The van der Waals surface area contributed by atoms with Gasteiger partial charge in [0.05, 0.1) is 11.8 Å². The topological polar surface area (TPSA) is 73.2 Å². The maximum Gasteiger partial charge on any atom is 0.267 e. The van der Waals surface area contributed by atoms with Gasteiger partial charge in [-0.25, -0.2) is 13.5 Å². The van der Waals surface area contributed by atoms with Crippen LogP contribution < -0.4 is 15.6 Å².